The highest BCUT2D eigenvalue weighted by Crippen LogP contribution is 2.38. The SMILES string of the molecule is Cc1ccccc1C(=O)c1ccc(C(=O)Nc2ccc([N+](=O)[O-])c(C(F)(F)F)c2)c(Oc2ccccc2)c1F. The van der Waals surface area contributed by atoms with Crippen molar-refractivity contribution in [2.75, 3.05) is 5.32 Å². The first kappa shape index (κ1) is 27.0. The Morgan fingerprint density at radius 3 is 2.15 bits per heavy atom. The molecule has 4 aromatic rings. The fourth-order valence-electron chi connectivity index (χ4n) is 3.79. The molecule has 198 valence electrons. The molecule has 4 rings (SSSR count). The van der Waals surface area contributed by atoms with Crippen molar-refractivity contribution in [1.29, 1.82) is 0 Å². The van der Waals surface area contributed by atoms with Crippen LogP contribution in [0.1, 0.15) is 37.4 Å². The van der Waals surface area contributed by atoms with Gasteiger partial charge in [-0.1, -0.05) is 42.5 Å². The third kappa shape index (κ3) is 5.77. The highest BCUT2D eigenvalue weighted by Gasteiger charge is 2.38. The predicted octanol–water partition coefficient (Wildman–Crippen LogP) is 7.34. The molecule has 0 aliphatic heterocycles. The summed E-state index contributed by atoms with van der Waals surface area (Å²) >= 11 is 0. The van der Waals surface area contributed by atoms with Crippen LogP contribution in [0, 0.1) is 22.9 Å². The smallest absolute Gasteiger partial charge is 0.423 e. The molecule has 0 spiro atoms. The molecule has 0 fully saturated rings. The zero-order valence-electron chi connectivity index (χ0n) is 20.1. The zero-order chi connectivity index (χ0) is 28.3. The predicted molar refractivity (Wildman–Crippen MR) is 134 cm³/mol. The summed E-state index contributed by atoms with van der Waals surface area (Å²) in [6.45, 7) is 1.67. The number of hydrogen-bond donors (Lipinski definition) is 1. The lowest BCUT2D eigenvalue weighted by Gasteiger charge is -2.16. The van der Waals surface area contributed by atoms with Gasteiger partial charge >= 0.3 is 6.18 Å². The summed E-state index contributed by atoms with van der Waals surface area (Å²) in [6.07, 6.45) is -5.07. The zero-order valence-corrected chi connectivity index (χ0v) is 20.1. The van der Waals surface area contributed by atoms with E-state index in [-0.39, 0.29) is 16.9 Å². The van der Waals surface area contributed by atoms with Crippen molar-refractivity contribution in [2.24, 2.45) is 0 Å². The molecule has 0 aliphatic carbocycles. The Labute approximate surface area is 218 Å². The number of nitrogens with zero attached hydrogens (tertiary/aromatic N) is 1. The minimum Gasteiger partial charge on any atom is -0.453 e. The van der Waals surface area contributed by atoms with Gasteiger partial charge in [0.15, 0.2) is 17.3 Å². The quantitative estimate of drug-likeness (QED) is 0.115. The van der Waals surface area contributed by atoms with Gasteiger partial charge in [0.1, 0.15) is 11.3 Å². The molecule has 1 amide bonds. The van der Waals surface area contributed by atoms with Gasteiger partial charge in [-0.25, -0.2) is 4.39 Å². The second kappa shape index (κ2) is 10.7. The standard InChI is InChI=1S/C28H18F4N2O5/c1-16-7-5-6-10-19(16)25(35)20-12-13-21(26(24(20)29)39-18-8-3-2-4-9-18)27(36)33-17-11-14-23(34(37)38)22(15-17)28(30,31)32/h2-15H,1H3,(H,33,36). The van der Waals surface area contributed by atoms with E-state index in [1.165, 1.54) is 18.2 Å². The Morgan fingerprint density at radius 2 is 1.51 bits per heavy atom. The summed E-state index contributed by atoms with van der Waals surface area (Å²) in [5, 5.41) is 13.2. The minimum absolute atomic E-state index is 0.126. The average molecular weight is 538 g/mol. The van der Waals surface area contributed by atoms with Gasteiger partial charge in [-0.3, -0.25) is 19.7 Å². The number of benzene rings is 4. The molecule has 0 aromatic heterocycles. The molecule has 0 heterocycles. The lowest BCUT2D eigenvalue weighted by molar-refractivity contribution is -0.388. The summed E-state index contributed by atoms with van der Waals surface area (Å²) in [6, 6.07) is 18.4. The Kier molecular flexibility index (Phi) is 7.43. The maximum atomic E-state index is 15.8. The molecule has 11 heteroatoms. The van der Waals surface area contributed by atoms with Crippen LogP contribution >= 0.6 is 0 Å². The largest absolute Gasteiger partial charge is 0.453 e. The molecule has 0 saturated heterocycles. The van der Waals surface area contributed by atoms with Crippen LogP contribution in [0.25, 0.3) is 0 Å². The van der Waals surface area contributed by atoms with Crippen LogP contribution in [-0.2, 0) is 6.18 Å². The van der Waals surface area contributed by atoms with E-state index >= 15 is 4.39 Å². The number of carbonyl (C=O) groups is 2. The summed E-state index contributed by atoms with van der Waals surface area (Å²) in [4.78, 5) is 36.1. The number of nitro benzene ring substituents is 1. The van der Waals surface area contributed by atoms with Crippen LogP contribution in [0.2, 0.25) is 0 Å². The van der Waals surface area contributed by atoms with E-state index in [1.54, 1.807) is 43.3 Å². The number of nitrogens with one attached hydrogen (secondary N) is 1. The Morgan fingerprint density at radius 1 is 0.872 bits per heavy atom. The number of rotatable bonds is 7. The molecule has 7 nitrogen and oxygen atoms in total. The van der Waals surface area contributed by atoms with Crippen LogP contribution in [0.3, 0.4) is 0 Å². The fraction of sp³-hybridized carbons (Fsp3) is 0.0714. The van der Waals surface area contributed by atoms with Crippen molar-refractivity contribution in [3.8, 4) is 11.5 Å². The highest BCUT2D eigenvalue weighted by molar-refractivity contribution is 6.12. The van der Waals surface area contributed by atoms with E-state index in [1.807, 2.05) is 0 Å². The number of ketones is 1. The normalized spacial score (nSPS) is 11.1. The van der Waals surface area contributed by atoms with Gasteiger partial charge in [0.05, 0.1) is 16.1 Å². The lowest BCUT2D eigenvalue weighted by atomic mass is 9.97. The fourth-order valence-corrected chi connectivity index (χ4v) is 3.79. The molecular weight excluding hydrogens is 520 g/mol. The molecule has 0 saturated carbocycles. The third-order valence-electron chi connectivity index (χ3n) is 5.70. The number of halogens is 4. The molecule has 0 bridgehead atoms. The van der Waals surface area contributed by atoms with E-state index < -0.39 is 56.9 Å². The Balaban J connectivity index is 1.77. The number of para-hydroxylation sites is 1. The summed E-state index contributed by atoms with van der Waals surface area (Å²) in [7, 11) is 0. The molecule has 39 heavy (non-hydrogen) atoms. The number of ether oxygens (including phenoxy) is 1. The van der Waals surface area contributed by atoms with Gasteiger partial charge in [-0.2, -0.15) is 13.2 Å². The Hall–Kier alpha value is -5.06. The number of aryl methyl sites for hydroxylation is 1. The summed E-state index contributed by atoms with van der Waals surface area (Å²) < 4.78 is 61.6. The first-order valence-electron chi connectivity index (χ1n) is 11.3. The molecule has 0 aliphatic rings. The number of nitro groups is 1. The summed E-state index contributed by atoms with van der Waals surface area (Å²) in [5.74, 6) is -3.39. The molecule has 1 N–H and O–H groups in total. The van der Waals surface area contributed by atoms with Crippen molar-refractivity contribution in [3.05, 3.63) is 129 Å². The number of carbonyl (C=O) groups excluding carboxylic acids is 2. The summed E-state index contributed by atoms with van der Waals surface area (Å²) in [5.41, 5.74) is -3.19. The minimum atomic E-state index is -5.07. The number of hydrogen-bond acceptors (Lipinski definition) is 5. The van der Waals surface area contributed by atoms with E-state index in [4.69, 9.17) is 4.74 Å². The molecule has 0 unspecified atom stereocenters. The van der Waals surface area contributed by atoms with Gasteiger partial charge < -0.3 is 10.1 Å². The van der Waals surface area contributed by atoms with Crippen molar-refractivity contribution in [1.82, 2.24) is 0 Å². The topological polar surface area (TPSA) is 98.5 Å². The number of amides is 1. The van der Waals surface area contributed by atoms with E-state index in [0.717, 1.165) is 18.2 Å². The van der Waals surface area contributed by atoms with Gasteiger partial charge in [-0.05, 0) is 48.9 Å². The van der Waals surface area contributed by atoms with Crippen molar-refractivity contribution in [2.45, 2.75) is 13.1 Å². The molecule has 0 radical (unpaired) electrons. The van der Waals surface area contributed by atoms with Crippen molar-refractivity contribution in [3.63, 3.8) is 0 Å². The van der Waals surface area contributed by atoms with Crippen molar-refractivity contribution >= 4 is 23.1 Å². The van der Waals surface area contributed by atoms with Gasteiger partial charge in [0.2, 0.25) is 0 Å². The molecule has 0 atom stereocenters. The third-order valence-corrected chi connectivity index (χ3v) is 5.70. The second-order valence-corrected chi connectivity index (χ2v) is 8.30. The van der Waals surface area contributed by atoms with Crippen LogP contribution < -0.4 is 10.1 Å². The number of alkyl halides is 3. The Bertz CT molecular complexity index is 1590. The molecule has 4 aromatic carbocycles. The van der Waals surface area contributed by atoms with Crippen LogP contribution in [0.15, 0.2) is 84.9 Å². The second-order valence-electron chi connectivity index (χ2n) is 8.30. The van der Waals surface area contributed by atoms with Crippen LogP contribution in [0.4, 0.5) is 28.9 Å². The van der Waals surface area contributed by atoms with Crippen LogP contribution in [-0.4, -0.2) is 16.6 Å². The van der Waals surface area contributed by atoms with Gasteiger partial charge in [-0.15, -0.1) is 0 Å². The van der Waals surface area contributed by atoms with Crippen LogP contribution in [0.5, 0.6) is 11.5 Å². The number of anilines is 1. The average Bonchev–Trinajstić information content (AvgIpc) is 2.89. The van der Waals surface area contributed by atoms with E-state index in [2.05, 4.69) is 5.32 Å². The maximum Gasteiger partial charge on any atom is 0.423 e. The van der Waals surface area contributed by atoms with Gasteiger partial charge in [0, 0.05) is 17.3 Å². The molecular formula is C28H18F4N2O5. The van der Waals surface area contributed by atoms with Gasteiger partial charge in [0.25, 0.3) is 11.6 Å². The maximum absolute atomic E-state index is 15.8. The monoisotopic (exact) mass is 538 g/mol. The van der Waals surface area contributed by atoms with E-state index in [9.17, 15) is 32.9 Å². The first-order valence-corrected chi connectivity index (χ1v) is 11.3. The highest BCUT2D eigenvalue weighted by atomic mass is 19.4. The lowest BCUT2D eigenvalue weighted by Crippen LogP contribution is -2.17. The van der Waals surface area contributed by atoms with Crippen molar-refractivity contribution < 1.29 is 36.8 Å². The first-order chi connectivity index (χ1) is 18.5. The van der Waals surface area contributed by atoms with E-state index in [0.29, 0.717) is 17.7 Å².